The Morgan fingerprint density at radius 3 is 2.23 bits per heavy atom. The summed E-state index contributed by atoms with van der Waals surface area (Å²) >= 11 is 0. The molecule has 1 aromatic rings. The quantitative estimate of drug-likeness (QED) is 0.800. The van der Waals surface area contributed by atoms with E-state index in [1.807, 2.05) is 19.9 Å². The smallest absolute Gasteiger partial charge is 0.123 e. The minimum atomic E-state index is -0.676. The van der Waals surface area contributed by atoms with Crippen molar-refractivity contribution in [2.45, 2.75) is 77.9 Å². The van der Waals surface area contributed by atoms with E-state index in [1.165, 1.54) is 11.1 Å². The van der Waals surface area contributed by atoms with Crippen LogP contribution in [0.1, 0.15) is 71.4 Å². The molecule has 3 unspecified atom stereocenters. The maximum absolute atomic E-state index is 10.0. The highest BCUT2D eigenvalue weighted by Gasteiger charge is 2.23. The van der Waals surface area contributed by atoms with Gasteiger partial charge in [0.15, 0.2) is 0 Å². The van der Waals surface area contributed by atoms with Crippen molar-refractivity contribution in [3.63, 3.8) is 0 Å². The van der Waals surface area contributed by atoms with Crippen LogP contribution >= 0.6 is 0 Å². The highest BCUT2D eigenvalue weighted by Crippen LogP contribution is 2.35. The van der Waals surface area contributed by atoms with E-state index in [1.54, 1.807) is 0 Å². The first-order valence-electron chi connectivity index (χ1n) is 8.34. The molecule has 0 saturated heterocycles. The van der Waals surface area contributed by atoms with E-state index in [0.29, 0.717) is 19.4 Å². The summed E-state index contributed by atoms with van der Waals surface area (Å²) in [5, 5.41) is 19.8. The van der Waals surface area contributed by atoms with Crippen LogP contribution in [0.3, 0.4) is 0 Å². The molecule has 3 nitrogen and oxygen atoms in total. The van der Waals surface area contributed by atoms with E-state index in [9.17, 15) is 10.2 Å². The zero-order valence-electron chi connectivity index (χ0n) is 14.9. The molecule has 22 heavy (non-hydrogen) atoms. The molecular formula is C19H32O3. The summed E-state index contributed by atoms with van der Waals surface area (Å²) in [4.78, 5) is 0. The van der Waals surface area contributed by atoms with Gasteiger partial charge in [0.25, 0.3) is 0 Å². The summed E-state index contributed by atoms with van der Waals surface area (Å²) in [6.07, 6.45) is -0.186. The molecule has 0 amide bonds. The Morgan fingerprint density at radius 2 is 1.73 bits per heavy atom. The second-order valence-corrected chi connectivity index (χ2v) is 7.12. The van der Waals surface area contributed by atoms with Gasteiger partial charge in [0.05, 0.1) is 18.8 Å². The van der Waals surface area contributed by atoms with Crippen molar-refractivity contribution < 1.29 is 14.9 Å². The van der Waals surface area contributed by atoms with E-state index < -0.39 is 12.2 Å². The fourth-order valence-electron chi connectivity index (χ4n) is 2.65. The minimum Gasteiger partial charge on any atom is -0.494 e. The molecule has 3 heteroatoms. The molecule has 0 spiro atoms. The normalized spacial score (nSPS) is 16.2. The third-order valence-corrected chi connectivity index (χ3v) is 4.14. The molecule has 0 aliphatic heterocycles. The molecule has 2 N–H and O–H groups in total. The average Bonchev–Trinajstić information content (AvgIpc) is 2.45. The first-order chi connectivity index (χ1) is 10.2. The number of aliphatic hydroxyl groups excluding tert-OH is 2. The molecular weight excluding hydrogens is 276 g/mol. The molecule has 126 valence electrons. The Hall–Kier alpha value is -1.06. The Labute approximate surface area is 135 Å². The van der Waals surface area contributed by atoms with Crippen molar-refractivity contribution in [3.8, 4) is 5.75 Å². The topological polar surface area (TPSA) is 49.7 Å². The largest absolute Gasteiger partial charge is 0.494 e. The highest BCUT2D eigenvalue weighted by molar-refractivity contribution is 5.42. The number of benzene rings is 1. The molecule has 0 heterocycles. The summed E-state index contributed by atoms with van der Waals surface area (Å²) in [7, 11) is 0. The number of rotatable bonds is 7. The Balaban J connectivity index is 3.00. The number of hydrogen-bond donors (Lipinski definition) is 2. The molecule has 0 radical (unpaired) electrons. The standard InChI is InChI=1S/C19H32O3/c1-7-16(20)17(21)11-13(3)14-9-10-18(22-8-2)15(12-14)19(4,5)6/h9-10,12-13,16-17,20-21H,7-8,11H2,1-6H3. The Kier molecular flexibility index (Phi) is 6.89. The Morgan fingerprint density at radius 1 is 1.09 bits per heavy atom. The van der Waals surface area contributed by atoms with Gasteiger partial charge in [-0.2, -0.15) is 0 Å². The monoisotopic (exact) mass is 308 g/mol. The van der Waals surface area contributed by atoms with Gasteiger partial charge in [-0.25, -0.2) is 0 Å². The highest BCUT2D eigenvalue weighted by atomic mass is 16.5. The number of ether oxygens (including phenoxy) is 1. The van der Waals surface area contributed by atoms with E-state index >= 15 is 0 Å². The molecule has 0 aromatic heterocycles. The third kappa shape index (κ3) is 4.99. The molecule has 3 atom stereocenters. The number of aliphatic hydroxyl groups is 2. The second kappa shape index (κ2) is 7.98. The van der Waals surface area contributed by atoms with Crippen molar-refractivity contribution in [1.29, 1.82) is 0 Å². The molecule has 1 aromatic carbocycles. The summed E-state index contributed by atoms with van der Waals surface area (Å²) in [5.74, 6) is 1.12. The first kappa shape index (κ1) is 19.0. The van der Waals surface area contributed by atoms with Crippen molar-refractivity contribution in [1.82, 2.24) is 0 Å². The summed E-state index contributed by atoms with van der Waals surface area (Å²) < 4.78 is 5.75. The lowest BCUT2D eigenvalue weighted by atomic mass is 9.83. The third-order valence-electron chi connectivity index (χ3n) is 4.14. The van der Waals surface area contributed by atoms with Crippen molar-refractivity contribution in [3.05, 3.63) is 29.3 Å². The van der Waals surface area contributed by atoms with Gasteiger partial charge in [0, 0.05) is 0 Å². The van der Waals surface area contributed by atoms with Crippen LogP contribution in [0.2, 0.25) is 0 Å². The van der Waals surface area contributed by atoms with Crippen LogP contribution in [0.5, 0.6) is 5.75 Å². The zero-order valence-corrected chi connectivity index (χ0v) is 14.9. The Bertz CT molecular complexity index is 462. The molecule has 0 fully saturated rings. The van der Waals surface area contributed by atoms with Gasteiger partial charge in [-0.15, -0.1) is 0 Å². The SMILES string of the molecule is CCOc1ccc(C(C)CC(O)C(O)CC)cc1C(C)(C)C. The lowest BCUT2D eigenvalue weighted by molar-refractivity contribution is 0.00953. The molecule has 0 bridgehead atoms. The van der Waals surface area contributed by atoms with E-state index in [0.717, 1.165) is 5.75 Å². The lowest BCUT2D eigenvalue weighted by Crippen LogP contribution is -2.26. The van der Waals surface area contributed by atoms with Crippen LogP contribution in [0, 0.1) is 0 Å². The van der Waals surface area contributed by atoms with E-state index in [2.05, 4.69) is 39.8 Å². The van der Waals surface area contributed by atoms with Crippen LogP contribution in [-0.4, -0.2) is 29.0 Å². The maximum atomic E-state index is 10.0. The van der Waals surface area contributed by atoms with Crippen LogP contribution < -0.4 is 4.74 Å². The van der Waals surface area contributed by atoms with Gasteiger partial charge < -0.3 is 14.9 Å². The van der Waals surface area contributed by atoms with Gasteiger partial charge in [-0.3, -0.25) is 0 Å². The van der Waals surface area contributed by atoms with Crippen LogP contribution in [-0.2, 0) is 5.41 Å². The van der Waals surface area contributed by atoms with Crippen molar-refractivity contribution in [2.75, 3.05) is 6.61 Å². The van der Waals surface area contributed by atoms with Gasteiger partial charge in [-0.05, 0) is 48.3 Å². The van der Waals surface area contributed by atoms with Crippen molar-refractivity contribution >= 4 is 0 Å². The predicted molar refractivity (Wildman–Crippen MR) is 91.6 cm³/mol. The van der Waals surface area contributed by atoms with Gasteiger partial charge in [-0.1, -0.05) is 46.8 Å². The lowest BCUT2D eigenvalue weighted by Gasteiger charge is -2.26. The summed E-state index contributed by atoms with van der Waals surface area (Å²) in [6, 6.07) is 6.27. The first-order valence-corrected chi connectivity index (χ1v) is 8.34. The maximum Gasteiger partial charge on any atom is 0.123 e. The minimum absolute atomic E-state index is 0.00177. The second-order valence-electron chi connectivity index (χ2n) is 7.12. The molecule has 0 aliphatic carbocycles. The van der Waals surface area contributed by atoms with Crippen LogP contribution in [0.25, 0.3) is 0 Å². The van der Waals surface area contributed by atoms with E-state index in [-0.39, 0.29) is 11.3 Å². The fraction of sp³-hybridized carbons (Fsp3) is 0.684. The molecule has 0 saturated carbocycles. The predicted octanol–water partition coefficient (Wildman–Crippen LogP) is 4.01. The van der Waals surface area contributed by atoms with Crippen molar-refractivity contribution in [2.24, 2.45) is 0 Å². The fourth-order valence-corrected chi connectivity index (χ4v) is 2.65. The molecule has 1 rings (SSSR count). The molecule has 0 aliphatic rings. The summed E-state index contributed by atoms with van der Waals surface area (Å²) in [5.41, 5.74) is 2.36. The number of hydrogen-bond acceptors (Lipinski definition) is 3. The van der Waals surface area contributed by atoms with Crippen LogP contribution in [0.15, 0.2) is 18.2 Å². The van der Waals surface area contributed by atoms with Gasteiger partial charge in [0.2, 0.25) is 0 Å². The van der Waals surface area contributed by atoms with Crippen LogP contribution in [0.4, 0.5) is 0 Å². The average molecular weight is 308 g/mol. The summed E-state index contributed by atoms with van der Waals surface area (Å²) in [6.45, 7) is 13.1. The van der Waals surface area contributed by atoms with E-state index in [4.69, 9.17) is 4.74 Å². The van der Waals surface area contributed by atoms with Gasteiger partial charge >= 0.3 is 0 Å². The van der Waals surface area contributed by atoms with Gasteiger partial charge in [0.1, 0.15) is 5.75 Å². The zero-order chi connectivity index (χ0) is 16.9.